The Bertz CT molecular complexity index is 384. The number of hydrogen-bond acceptors (Lipinski definition) is 4. The van der Waals surface area contributed by atoms with Crippen molar-refractivity contribution in [3.05, 3.63) is 23.8 Å². The van der Waals surface area contributed by atoms with Crippen molar-refractivity contribution in [2.75, 3.05) is 14.2 Å². The van der Waals surface area contributed by atoms with Gasteiger partial charge in [-0.1, -0.05) is 19.1 Å². The molecule has 4 nitrogen and oxygen atoms in total. The fraction of sp³-hybridized carbons (Fsp3) is 0.538. The van der Waals surface area contributed by atoms with Crippen LogP contribution in [0.15, 0.2) is 18.2 Å². The van der Waals surface area contributed by atoms with Gasteiger partial charge in [-0.05, 0) is 31.9 Å². The van der Waals surface area contributed by atoms with E-state index in [1.165, 1.54) is 0 Å². The zero-order chi connectivity index (χ0) is 13.7. The number of rotatable bonds is 6. The lowest BCUT2D eigenvalue weighted by atomic mass is 9.79. The normalized spacial score (nSPS) is 12.6. The molecule has 1 rings (SSSR count). The molecule has 0 heterocycles. The molecule has 1 unspecified atom stereocenters. The van der Waals surface area contributed by atoms with E-state index >= 15 is 0 Å². The summed E-state index contributed by atoms with van der Waals surface area (Å²) in [5, 5.41) is 18.4. The molecule has 0 saturated heterocycles. The van der Waals surface area contributed by atoms with E-state index in [-0.39, 0.29) is 0 Å². The van der Waals surface area contributed by atoms with Crippen LogP contribution < -0.4 is 10.2 Å². The van der Waals surface area contributed by atoms with Crippen LogP contribution in [0.3, 0.4) is 0 Å². The van der Waals surface area contributed by atoms with Gasteiger partial charge >= 0.3 is 7.12 Å². The second-order valence-corrected chi connectivity index (χ2v) is 4.62. The third-order valence-electron chi connectivity index (χ3n) is 3.37. The molecule has 1 aromatic rings. The van der Waals surface area contributed by atoms with Crippen molar-refractivity contribution >= 4 is 12.6 Å². The molecular weight excluding hydrogens is 229 g/mol. The van der Waals surface area contributed by atoms with Crippen LogP contribution in [0.2, 0.25) is 0 Å². The van der Waals surface area contributed by atoms with Gasteiger partial charge in [-0.2, -0.15) is 0 Å². The molecule has 0 spiro atoms. The molecule has 0 bridgehead atoms. The predicted molar refractivity (Wildman–Crippen MR) is 74.0 cm³/mol. The van der Waals surface area contributed by atoms with Gasteiger partial charge < -0.3 is 14.8 Å². The fourth-order valence-electron chi connectivity index (χ4n) is 1.82. The first kappa shape index (κ1) is 15.0. The minimum absolute atomic E-state index is 0.470. The summed E-state index contributed by atoms with van der Waals surface area (Å²) < 4.78 is 5.30. The fourth-order valence-corrected chi connectivity index (χ4v) is 1.82. The Labute approximate surface area is 109 Å². The average molecular weight is 251 g/mol. The smallest absolute Gasteiger partial charge is 0.488 e. The highest BCUT2D eigenvalue weighted by molar-refractivity contribution is 6.58. The van der Waals surface area contributed by atoms with Gasteiger partial charge in [0.15, 0.2) is 0 Å². The first-order chi connectivity index (χ1) is 8.49. The summed E-state index contributed by atoms with van der Waals surface area (Å²) in [5.41, 5.74) is 1.45. The first-order valence-electron chi connectivity index (χ1n) is 6.22. The lowest BCUT2D eigenvalue weighted by molar-refractivity contribution is 0.240. The molecule has 0 aliphatic heterocycles. The molecule has 0 aliphatic carbocycles. The van der Waals surface area contributed by atoms with Crippen LogP contribution in [0.25, 0.3) is 0 Å². The van der Waals surface area contributed by atoms with E-state index in [0.717, 1.165) is 24.3 Å². The Morgan fingerprint density at radius 3 is 2.56 bits per heavy atom. The molecule has 0 radical (unpaired) electrons. The van der Waals surface area contributed by atoms with Gasteiger partial charge in [0.05, 0.1) is 7.11 Å². The van der Waals surface area contributed by atoms with Crippen LogP contribution in [-0.2, 0) is 6.54 Å². The van der Waals surface area contributed by atoms with E-state index in [2.05, 4.69) is 25.8 Å². The summed E-state index contributed by atoms with van der Waals surface area (Å²) in [4.78, 5) is 2.21. The maximum Gasteiger partial charge on any atom is 0.488 e. The highest BCUT2D eigenvalue weighted by Crippen LogP contribution is 2.19. The first-order valence-corrected chi connectivity index (χ1v) is 6.22. The van der Waals surface area contributed by atoms with Gasteiger partial charge in [0.25, 0.3) is 0 Å². The standard InChI is InChI=1S/C13H22BNO3/c1-5-10(2)15(3)9-11-8-12(14(16)17)6-7-13(11)18-4/h6-8,10,16-17H,5,9H2,1-4H3. The van der Waals surface area contributed by atoms with Crippen LogP contribution in [0.1, 0.15) is 25.8 Å². The summed E-state index contributed by atoms with van der Waals surface area (Å²) in [6.07, 6.45) is 1.07. The number of ether oxygens (including phenoxy) is 1. The van der Waals surface area contributed by atoms with Crippen molar-refractivity contribution in [2.24, 2.45) is 0 Å². The highest BCUT2D eigenvalue weighted by atomic mass is 16.5. The molecule has 0 amide bonds. The second-order valence-electron chi connectivity index (χ2n) is 4.62. The molecule has 0 fully saturated rings. The van der Waals surface area contributed by atoms with Crippen molar-refractivity contribution in [3.63, 3.8) is 0 Å². The van der Waals surface area contributed by atoms with E-state index in [1.807, 2.05) is 0 Å². The Balaban J connectivity index is 2.94. The zero-order valence-corrected chi connectivity index (χ0v) is 11.6. The van der Waals surface area contributed by atoms with Gasteiger partial charge in [-0.25, -0.2) is 0 Å². The van der Waals surface area contributed by atoms with Crippen molar-refractivity contribution in [1.29, 1.82) is 0 Å². The Morgan fingerprint density at radius 1 is 1.39 bits per heavy atom. The predicted octanol–water partition coefficient (Wildman–Crippen LogP) is 0.605. The lowest BCUT2D eigenvalue weighted by Gasteiger charge is -2.24. The van der Waals surface area contributed by atoms with Crippen LogP contribution in [-0.4, -0.2) is 42.3 Å². The minimum atomic E-state index is -1.44. The second kappa shape index (κ2) is 6.78. The van der Waals surface area contributed by atoms with E-state index in [1.54, 1.807) is 25.3 Å². The molecule has 1 atom stereocenters. The van der Waals surface area contributed by atoms with Crippen LogP contribution in [0.5, 0.6) is 5.75 Å². The summed E-state index contributed by atoms with van der Waals surface area (Å²) in [6, 6.07) is 5.69. The van der Waals surface area contributed by atoms with Crippen molar-refractivity contribution in [3.8, 4) is 5.75 Å². The number of benzene rings is 1. The molecule has 0 aliphatic rings. The number of nitrogens with zero attached hydrogens (tertiary/aromatic N) is 1. The summed E-state index contributed by atoms with van der Waals surface area (Å²) >= 11 is 0. The van der Waals surface area contributed by atoms with Gasteiger partial charge in [-0.15, -0.1) is 0 Å². The summed E-state index contributed by atoms with van der Waals surface area (Å²) in [7, 11) is 2.23. The van der Waals surface area contributed by atoms with E-state index < -0.39 is 7.12 Å². The largest absolute Gasteiger partial charge is 0.496 e. The quantitative estimate of drug-likeness (QED) is 0.727. The van der Waals surface area contributed by atoms with Gasteiger partial charge in [0.1, 0.15) is 5.75 Å². The Morgan fingerprint density at radius 2 is 2.06 bits per heavy atom. The molecule has 2 N–H and O–H groups in total. The van der Waals surface area contributed by atoms with Crippen LogP contribution >= 0.6 is 0 Å². The van der Waals surface area contributed by atoms with Crippen molar-refractivity contribution in [2.45, 2.75) is 32.9 Å². The molecule has 5 heteroatoms. The summed E-state index contributed by atoms with van der Waals surface area (Å²) in [6.45, 7) is 5.03. The molecule has 0 saturated carbocycles. The number of hydrogen-bond donors (Lipinski definition) is 2. The minimum Gasteiger partial charge on any atom is -0.496 e. The van der Waals surface area contributed by atoms with E-state index in [0.29, 0.717) is 11.5 Å². The maximum atomic E-state index is 9.20. The third-order valence-corrected chi connectivity index (χ3v) is 3.37. The molecular formula is C13H22BNO3. The SMILES string of the molecule is CCC(C)N(C)Cc1cc(B(O)O)ccc1OC. The van der Waals surface area contributed by atoms with Crippen LogP contribution in [0.4, 0.5) is 0 Å². The van der Waals surface area contributed by atoms with E-state index in [9.17, 15) is 10.0 Å². The van der Waals surface area contributed by atoms with Crippen molar-refractivity contribution in [1.82, 2.24) is 4.90 Å². The molecule has 0 aromatic heterocycles. The van der Waals surface area contributed by atoms with Crippen LogP contribution in [0, 0.1) is 0 Å². The topological polar surface area (TPSA) is 52.9 Å². The highest BCUT2D eigenvalue weighted by Gasteiger charge is 2.16. The van der Waals surface area contributed by atoms with Gasteiger partial charge in [0, 0.05) is 18.2 Å². The van der Waals surface area contributed by atoms with Gasteiger partial charge in [-0.3, -0.25) is 4.90 Å². The lowest BCUT2D eigenvalue weighted by Crippen LogP contribution is -2.32. The molecule has 18 heavy (non-hydrogen) atoms. The number of methoxy groups -OCH3 is 1. The Kier molecular flexibility index (Phi) is 5.66. The zero-order valence-electron chi connectivity index (χ0n) is 11.6. The third kappa shape index (κ3) is 3.73. The molecule has 1 aromatic carbocycles. The average Bonchev–Trinajstić information content (AvgIpc) is 2.37. The van der Waals surface area contributed by atoms with Crippen molar-refractivity contribution < 1.29 is 14.8 Å². The van der Waals surface area contributed by atoms with E-state index in [4.69, 9.17) is 4.74 Å². The maximum absolute atomic E-state index is 9.20. The Hall–Kier alpha value is -1.04. The van der Waals surface area contributed by atoms with Gasteiger partial charge in [0.2, 0.25) is 0 Å². The molecule has 100 valence electrons. The summed E-state index contributed by atoms with van der Waals surface area (Å²) in [5.74, 6) is 0.773. The monoisotopic (exact) mass is 251 g/mol.